The minimum atomic E-state index is -2.06. The molecule has 24 heteroatoms. The number of carbonyl (C=O) groups excluding carboxylic acids is 8. The number of fused-ring (bicyclic) bond motifs is 5. The van der Waals surface area contributed by atoms with Crippen LogP contribution in [0.4, 0.5) is 10.1 Å². The molecule has 7 N–H and O–H groups in total. The molecule has 0 bridgehead atoms. The standard InChI is InChI=1S/C59H75FN8O15/c1-4-6-7-8-12-17-59(79)43-28-48-54-40(33-68(48)57(77)42(43)35-83-58(59)78)41(34-69)39-26-46(44(60)29-45(39)66-54)64-52(73)32-63-55(75)47(25-37-14-10-9-11-15-37)65-51(72)31-62-50(71)30-61-49(70)16-19-80-21-23-82-24-22-81-20-18-67-53(74)27-38(56(67)76)36(3)13-5-2/h9-11,14-15,26,28-29,36,38,47,69,79H,4-8,12-13,16-25,27,30-35H2,1-3H3,(H,61,70)(H,62,71)(H,63,75)(H,64,73)(H,65,72)/t36?,38?,47-,59-/m0/s1. The van der Waals surface area contributed by atoms with Crippen LogP contribution in [0.5, 0.6) is 0 Å². The average molecular weight is 1160 g/mol. The van der Waals surface area contributed by atoms with Gasteiger partial charge >= 0.3 is 5.97 Å². The highest BCUT2D eigenvalue weighted by molar-refractivity contribution is 6.04. The van der Waals surface area contributed by atoms with E-state index in [1.54, 1.807) is 36.4 Å². The molecule has 3 aliphatic rings. The van der Waals surface area contributed by atoms with Crippen LogP contribution in [0.2, 0.25) is 0 Å². The number of esters is 1. The molecular weight excluding hydrogens is 1080 g/mol. The van der Waals surface area contributed by atoms with Crippen molar-refractivity contribution in [2.75, 3.05) is 71.1 Å². The number of cyclic esters (lactones) is 1. The summed E-state index contributed by atoms with van der Waals surface area (Å²) < 4.78 is 39.0. The van der Waals surface area contributed by atoms with E-state index in [4.69, 9.17) is 18.9 Å². The number of aliphatic hydroxyl groups is 2. The minimum absolute atomic E-state index is 0.00995. The molecule has 1 saturated heterocycles. The van der Waals surface area contributed by atoms with Crippen molar-refractivity contribution in [1.82, 2.24) is 35.7 Å². The lowest BCUT2D eigenvalue weighted by atomic mass is 9.83. The van der Waals surface area contributed by atoms with E-state index >= 15 is 4.39 Å². The number of rotatable bonds is 33. The zero-order chi connectivity index (χ0) is 59.6. The predicted molar refractivity (Wildman–Crippen MR) is 299 cm³/mol. The first-order chi connectivity index (χ1) is 40.0. The van der Waals surface area contributed by atoms with Crippen LogP contribution in [0.15, 0.2) is 53.3 Å². The number of anilines is 1. The van der Waals surface area contributed by atoms with Crippen LogP contribution in [0.1, 0.15) is 113 Å². The van der Waals surface area contributed by atoms with Gasteiger partial charge in [0.25, 0.3) is 5.56 Å². The first-order valence-electron chi connectivity index (χ1n) is 28.4. The molecule has 7 amide bonds. The minimum Gasteiger partial charge on any atom is -0.458 e. The van der Waals surface area contributed by atoms with Gasteiger partial charge in [-0.3, -0.25) is 43.3 Å². The third-order valence-electron chi connectivity index (χ3n) is 15.1. The van der Waals surface area contributed by atoms with E-state index in [2.05, 4.69) is 45.4 Å². The number of nitrogens with zero attached hydrogens (tertiary/aromatic N) is 3. The van der Waals surface area contributed by atoms with Crippen molar-refractivity contribution in [2.45, 2.75) is 123 Å². The molecule has 83 heavy (non-hydrogen) atoms. The maximum Gasteiger partial charge on any atom is 0.343 e. The monoisotopic (exact) mass is 1150 g/mol. The number of unbranched alkanes of at least 4 members (excludes halogenated alkanes) is 4. The summed E-state index contributed by atoms with van der Waals surface area (Å²) >= 11 is 0. The summed E-state index contributed by atoms with van der Waals surface area (Å²) in [5.74, 6) is -5.72. The van der Waals surface area contributed by atoms with Crippen molar-refractivity contribution in [1.29, 1.82) is 0 Å². The zero-order valence-corrected chi connectivity index (χ0v) is 47.2. The largest absolute Gasteiger partial charge is 0.458 e. The van der Waals surface area contributed by atoms with Crippen LogP contribution in [0, 0.1) is 17.7 Å². The number of benzene rings is 2. The Labute approximate surface area is 479 Å². The van der Waals surface area contributed by atoms with Gasteiger partial charge in [0.1, 0.15) is 18.5 Å². The van der Waals surface area contributed by atoms with E-state index in [1.165, 1.54) is 15.5 Å². The number of imide groups is 1. The molecule has 23 nitrogen and oxygen atoms in total. The number of ether oxygens (including phenoxy) is 4. The van der Waals surface area contributed by atoms with Gasteiger partial charge in [-0.05, 0) is 42.0 Å². The molecule has 0 radical (unpaired) electrons. The normalized spacial score (nSPS) is 16.9. The lowest BCUT2D eigenvalue weighted by molar-refractivity contribution is -0.173. The summed E-state index contributed by atoms with van der Waals surface area (Å²) in [6.45, 7) is 4.89. The van der Waals surface area contributed by atoms with Gasteiger partial charge in [0.05, 0.1) is 107 Å². The van der Waals surface area contributed by atoms with Gasteiger partial charge in [-0.2, -0.15) is 0 Å². The molecule has 448 valence electrons. The lowest BCUT2D eigenvalue weighted by Gasteiger charge is -2.32. The van der Waals surface area contributed by atoms with E-state index < -0.39 is 84.8 Å². The quantitative estimate of drug-likeness (QED) is 0.0180. The Kier molecular flexibility index (Phi) is 22.9. The molecule has 0 saturated carbocycles. The van der Waals surface area contributed by atoms with Gasteiger partial charge in [-0.1, -0.05) is 89.6 Å². The Morgan fingerprint density at radius 3 is 2.23 bits per heavy atom. The summed E-state index contributed by atoms with van der Waals surface area (Å²) in [5, 5.41) is 35.0. The Morgan fingerprint density at radius 1 is 0.819 bits per heavy atom. The fourth-order valence-electron chi connectivity index (χ4n) is 10.6. The van der Waals surface area contributed by atoms with Crippen molar-refractivity contribution < 1.29 is 71.9 Å². The second-order valence-electron chi connectivity index (χ2n) is 21.0. The Bertz CT molecular complexity index is 3080. The highest BCUT2D eigenvalue weighted by Crippen LogP contribution is 2.42. The van der Waals surface area contributed by atoms with E-state index in [9.17, 15) is 53.4 Å². The molecular formula is C59H75FN8O15. The number of halogens is 1. The molecule has 2 aromatic carbocycles. The van der Waals surface area contributed by atoms with E-state index in [0.29, 0.717) is 23.1 Å². The number of nitrogens with one attached hydrogen (secondary N) is 5. The number of aliphatic hydroxyl groups excluding tert-OH is 1. The molecule has 1 fully saturated rings. The number of carbonyl (C=O) groups is 8. The molecule has 2 unspecified atom stereocenters. The first kappa shape index (κ1) is 63.1. The maximum atomic E-state index is 15.9. The zero-order valence-electron chi connectivity index (χ0n) is 47.2. The lowest BCUT2D eigenvalue weighted by Crippen LogP contribution is -2.52. The molecule has 4 aromatic rings. The van der Waals surface area contributed by atoms with E-state index in [1.807, 2.05) is 6.92 Å². The highest BCUT2D eigenvalue weighted by Gasteiger charge is 2.47. The molecule has 0 aliphatic carbocycles. The number of likely N-dealkylation sites (tertiary alicyclic amines) is 1. The molecule has 0 spiro atoms. The molecule has 3 aliphatic heterocycles. The molecule has 2 aromatic heterocycles. The van der Waals surface area contributed by atoms with Crippen LogP contribution in [-0.4, -0.2) is 144 Å². The third-order valence-corrected chi connectivity index (χ3v) is 15.1. The predicted octanol–water partition coefficient (Wildman–Crippen LogP) is 2.93. The van der Waals surface area contributed by atoms with Crippen LogP contribution in [-0.2, 0) is 89.1 Å². The van der Waals surface area contributed by atoms with Gasteiger partial charge in [0, 0.05) is 47.8 Å². The number of hydrogen-bond acceptors (Lipinski definition) is 16. The van der Waals surface area contributed by atoms with Gasteiger partial charge in [-0.25, -0.2) is 14.2 Å². The molecule has 4 atom stereocenters. The Morgan fingerprint density at radius 2 is 1.51 bits per heavy atom. The summed E-state index contributed by atoms with van der Waals surface area (Å²) in [4.78, 5) is 123. The fourth-order valence-corrected chi connectivity index (χ4v) is 10.6. The van der Waals surface area contributed by atoms with Crippen molar-refractivity contribution in [3.05, 3.63) is 92.5 Å². The second kappa shape index (κ2) is 30.2. The van der Waals surface area contributed by atoms with Gasteiger partial charge in [-0.15, -0.1) is 0 Å². The summed E-state index contributed by atoms with van der Waals surface area (Å²) in [7, 11) is 0. The summed E-state index contributed by atoms with van der Waals surface area (Å²) in [6, 6.07) is 11.3. The van der Waals surface area contributed by atoms with Crippen molar-refractivity contribution in [3.8, 4) is 11.4 Å². The van der Waals surface area contributed by atoms with Crippen LogP contribution >= 0.6 is 0 Å². The van der Waals surface area contributed by atoms with Crippen molar-refractivity contribution >= 4 is 63.9 Å². The fraction of sp³-hybridized carbons (Fsp3) is 0.525. The summed E-state index contributed by atoms with van der Waals surface area (Å²) in [5.41, 5.74) is -0.604. The number of pyridine rings is 2. The Hall–Kier alpha value is -7.51. The SMILES string of the molecule is CCCCCCC[C@@]1(O)C(=O)OCc2c1cc1n(c2=O)Cc2c-1nc1cc(F)c(NC(=O)CNC(=O)[C@H](Cc3ccccc3)NC(=O)CNC(=O)CNC(=O)CCOCCOCCOCCN3C(=O)CC(C(C)CCC)C3=O)cc1c2CO. The first-order valence-corrected chi connectivity index (χ1v) is 28.4. The van der Waals surface area contributed by atoms with Crippen molar-refractivity contribution in [2.24, 2.45) is 11.8 Å². The molecule has 5 heterocycles. The highest BCUT2D eigenvalue weighted by atomic mass is 19.1. The Balaban J connectivity index is 0.840. The van der Waals surface area contributed by atoms with E-state index in [-0.39, 0.29) is 148 Å². The second-order valence-corrected chi connectivity index (χ2v) is 21.0. The van der Waals surface area contributed by atoms with Gasteiger partial charge in [0.2, 0.25) is 41.4 Å². The number of hydrogen-bond donors (Lipinski definition) is 7. The van der Waals surface area contributed by atoms with E-state index in [0.717, 1.165) is 44.6 Å². The van der Waals surface area contributed by atoms with Crippen LogP contribution < -0.4 is 32.1 Å². The number of aromatic nitrogens is 2. The third kappa shape index (κ3) is 16.2. The summed E-state index contributed by atoms with van der Waals surface area (Å²) in [6.07, 6.45) is 6.27. The van der Waals surface area contributed by atoms with Gasteiger partial charge in [0.15, 0.2) is 5.60 Å². The van der Waals surface area contributed by atoms with Crippen LogP contribution in [0.25, 0.3) is 22.3 Å². The van der Waals surface area contributed by atoms with Gasteiger partial charge < -0.3 is 60.3 Å². The maximum absolute atomic E-state index is 15.9. The van der Waals surface area contributed by atoms with Crippen molar-refractivity contribution in [3.63, 3.8) is 0 Å². The average Bonchev–Trinajstić information content (AvgIpc) is 2.04. The topological polar surface area (TPSA) is 312 Å². The smallest absolute Gasteiger partial charge is 0.343 e. The molecule has 7 rings (SSSR count). The van der Waals surface area contributed by atoms with Crippen LogP contribution in [0.3, 0.4) is 0 Å². The number of amides is 7.